The molecular weight excluding hydrogens is 274 g/mol. The topological polar surface area (TPSA) is 30.3 Å². The van der Waals surface area contributed by atoms with Crippen LogP contribution in [0, 0.1) is 6.92 Å². The molecule has 0 unspecified atom stereocenters. The molecule has 22 heavy (non-hydrogen) atoms. The molecule has 1 atom stereocenters. The van der Waals surface area contributed by atoms with Crippen LogP contribution in [0.15, 0.2) is 36.5 Å². The van der Waals surface area contributed by atoms with Crippen molar-refractivity contribution in [3.8, 4) is 0 Å². The molecule has 1 aromatic carbocycles. The molecule has 0 radical (unpaired) electrons. The molecule has 1 aromatic heterocycles. The molecule has 1 fully saturated rings. The smallest absolute Gasteiger partial charge is 0.0703 e. The van der Waals surface area contributed by atoms with Crippen LogP contribution in [0.3, 0.4) is 0 Å². The minimum absolute atomic E-state index is 0.376. The zero-order valence-electron chi connectivity index (χ0n) is 13.5. The Kier molecular flexibility index (Phi) is 4.90. The van der Waals surface area contributed by atoms with Crippen molar-refractivity contribution in [2.45, 2.75) is 39.0 Å². The van der Waals surface area contributed by atoms with E-state index < -0.39 is 0 Å². The molecule has 4 heteroatoms. The van der Waals surface area contributed by atoms with Crippen LogP contribution in [-0.4, -0.2) is 33.9 Å². The second-order valence-corrected chi connectivity index (χ2v) is 6.17. The van der Waals surface area contributed by atoms with E-state index in [1.807, 2.05) is 17.9 Å². The van der Waals surface area contributed by atoms with Gasteiger partial charge in [0.15, 0.2) is 0 Å². The predicted octanol–water partition coefficient (Wildman–Crippen LogP) is 2.91. The molecule has 0 amide bonds. The Bertz CT molecular complexity index is 588. The second-order valence-electron chi connectivity index (χ2n) is 6.17. The van der Waals surface area contributed by atoms with E-state index in [1.54, 1.807) is 0 Å². The average molecular weight is 299 g/mol. The average Bonchev–Trinajstić information content (AvgIpc) is 3.14. The molecule has 0 aliphatic carbocycles. The molecule has 0 spiro atoms. The van der Waals surface area contributed by atoms with Gasteiger partial charge in [-0.05, 0) is 25.3 Å². The van der Waals surface area contributed by atoms with Crippen LogP contribution in [0.5, 0.6) is 0 Å². The number of hydrogen-bond donors (Lipinski definition) is 0. The Morgan fingerprint density at radius 3 is 2.73 bits per heavy atom. The molecule has 118 valence electrons. The van der Waals surface area contributed by atoms with Gasteiger partial charge in [-0.15, -0.1) is 0 Å². The first kappa shape index (κ1) is 15.3. The lowest BCUT2D eigenvalue weighted by atomic mass is 10.1. The summed E-state index contributed by atoms with van der Waals surface area (Å²) in [6.07, 6.45) is 4.73. The summed E-state index contributed by atoms with van der Waals surface area (Å²) in [6, 6.07) is 10.7. The van der Waals surface area contributed by atoms with Crippen molar-refractivity contribution in [3.05, 3.63) is 53.3 Å². The first-order valence-corrected chi connectivity index (χ1v) is 8.08. The van der Waals surface area contributed by atoms with Gasteiger partial charge in [0, 0.05) is 44.5 Å². The van der Waals surface area contributed by atoms with Gasteiger partial charge in [-0.1, -0.05) is 30.3 Å². The lowest BCUT2D eigenvalue weighted by molar-refractivity contribution is 0.0678. The SMILES string of the molecule is Cc1c(CN(Cc2ccccc2)C[C@@H]2CCCO2)cnn1C. The molecule has 0 N–H and O–H groups in total. The summed E-state index contributed by atoms with van der Waals surface area (Å²) in [6.45, 7) is 5.91. The van der Waals surface area contributed by atoms with Gasteiger partial charge in [-0.2, -0.15) is 5.10 Å². The second kappa shape index (κ2) is 7.07. The van der Waals surface area contributed by atoms with Crippen molar-refractivity contribution in [2.75, 3.05) is 13.2 Å². The summed E-state index contributed by atoms with van der Waals surface area (Å²) in [5.41, 5.74) is 3.89. The quantitative estimate of drug-likeness (QED) is 0.821. The summed E-state index contributed by atoms with van der Waals surface area (Å²) in [5.74, 6) is 0. The van der Waals surface area contributed by atoms with E-state index in [0.29, 0.717) is 6.10 Å². The molecular formula is C18H25N3O. The monoisotopic (exact) mass is 299 g/mol. The number of aromatic nitrogens is 2. The summed E-state index contributed by atoms with van der Waals surface area (Å²) in [4.78, 5) is 2.48. The molecule has 0 bridgehead atoms. The highest BCUT2D eigenvalue weighted by Crippen LogP contribution is 2.18. The van der Waals surface area contributed by atoms with Crippen molar-refractivity contribution in [1.29, 1.82) is 0 Å². The zero-order chi connectivity index (χ0) is 15.4. The van der Waals surface area contributed by atoms with E-state index >= 15 is 0 Å². The van der Waals surface area contributed by atoms with Crippen molar-refractivity contribution < 1.29 is 4.74 Å². The number of aryl methyl sites for hydroxylation is 1. The van der Waals surface area contributed by atoms with Gasteiger partial charge >= 0.3 is 0 Å². The molecule has 3 rings (SSSR count). The molecule has 2 aromatic rings. The summed E-state index contributed by atoms with van der Waals surface area (Å²) >= 11 is 0. The van der Waals surface area contributed by atoms with Crippen LogP contribution in [0.4, 0.5) is 0 Å². The fourth-order valence-corrected chi connectivity index (χ4v) is 3.04. The summed E-state index contributed by atoms with van der Waals surface area (Å²) in [5, 5.41) is 4.37. The van der Waals surface area contributed by atoms with Gasteiger partial charge in [-0.3, -0.25) is 9.58 Å². The van der Waals surface area contributed by atoms with Gasteiger partial charge in [0.1, 0.15) is 0 Å². The zero-order valence-corrected chi connectivity index (χ0v) is 13.5. The van der Waals surface area contributed by atoms with Crippen LogP contribution < -0.4 is 0 Å². The minimum atomic E-state index is 0.376. The van der Waals surface area contributed by atoms with E-state index in [9.17, 15) is 0 Å². The van der Waals surface area contributed by atoms with E-state index in [2.05, 4.69) is 47.3 Å². The molecule has 1 aliphatic heterocycles. The fourth-order valence-electron chi connectivity index (χ4n) is 3.04. The maximum absolute atomic E-state index is 5.83. The largest absolute Gasteiger partial charge is 0.377 e. The number of benzene rings is 1. The van der Waals surface area contributed by atoms with Crippen LogP contribution in [-0.2, 0) is 24.9 Å². The third kappa shape index (κ3) is 3.76. The Hall–Kier alpha value is -1.65. The van der Waals surface area contributed by atoms with Crippen molar-refractivity contribution in [3.63, 3.8) is 0 Å². The van der Waals surface area contributed by atoms with Crippen molar-refractivity contribution >= 4 is 0 Å². The summed E-state index contributed by atoms with van der Waals surface area (Å²) < 4.78 is 7.78. The lowest BCUT2D eigenvalue weighted by Crippen LogP contribution is -2.31. The standard InChI is InChI=1S/C18H25N3O/c1-15-17(11-19-20(15)2)13-21(14-18-9-6-10-22-18)12-16-7-4-3-5-8-16/h3-5,7-8,11,18H,6,9-10,12-14H2,1-2H3/t18-/m0/s1. The van der Waals surface area contributed by atoms with Crippen molar-refractivity contribution in [2.24, 2.45) is 7.05 Å². The van der Waals surface area contributed by atoms with Crippen LogP contribution in [0.25, 0.3) is 0 Å². The van der Waals surface area contributed by atoms with Crippen LogP contribution in [0.2, 0.25) is 0 Å². The third-order valence-electron chi connectivity index (χ3n) is 4.47. The van der Waals surface area contributed by atoms with Gasteiger partial charge in [-0.25, -0.2) is 0 Å². The number of rotatable bonds is 6. The normalized spacial score (nSPS) is 18.2. The Morgan fingerprint density at radius 1 is 1.27 bits per heavy atom. The highest BCUT2D eigenvalue weighted by molar-refractivity contribution is 5.17. The van der Waals surface area contributed by atoms with Gasteiger partial charge < -0.3 is 4.74 Å². The fraction of sp³-hybridized carbons (Fsp3) is 0.500. The van der Waals surface area contributed by atoms with Crippen LogP contribution >= 0.6 is 0 Å². The van der Waals surface area contributed by atoms with Gasteiger partial charge in [0.2, 0.25) is 0 Å². The number of hydrogen-bond acceptors (Lipinski definition) is 3. The van der Waals surface area contributed by atoms with E-state index in [4.69, 9.17) is 4.74 Å². The highest BCUT2D eigenvalue weighted by Gasteiger charge is 2.20. The van der Waals surface area contributed by atoms with Gasteiger partial charge in [0.05, 0.1) is 12.3 Å². The van der Waals surface area contributed by atoms with E-state index in [-0.39, 0.29) is 0 Å². The van der Waals surface area contributed by atoms with Crippen LogP contribution in [0.1, 0.15) is 29.7 Å². The Balaban J connectivity index is 1.71. The molecule has 4 nitrogen and oxygen atoms in total. The van der Waals surface area contributed by atoms with E-state index in [0.717, 1.165) is 26.2 Å². The summed E-state index contributed by atoms with van der Waals surface area (Å²) in [7, 11) is 2.00. The van der Waals surface area contributed by atoms with Gasteiger partial charge in [0.25, 0.3) is 0 Å². The van der Waals surface area contributed by atoms with Crippen molar-refractivity contribution in [1.82, 2.24) is 14.7 Å². The third-order valence-corrected chi connectivity index (χ3v) is 4.47. The van der Waals surface area contributed by atoms with E-state index in [1.165, 1.54) is 29.7 Å². The Labute approximate surface area is 132 Å². The first-order chi connectivity index (χ1) is 10.7. The minimum Gasteiger partial charge on any atom is -0.377 e. The molecule has 1 aliphatic rings. The highest BCUT2D eigenvalue weighted by atomic mass is 16.5. The number of ether oxygens (including phenoxy) is 1. The molecule has 1 saturated heterocycles. The predicted molar refractivity (Wildman–Crippen MR) is 87.5 cm³/mol. The molecule has 0 saturated carbocycles. The maximum atomic E-state index is 5.83. The first-order valence-electron chi connectivity index (χ1n) is 8.08. The maximum Gasteiger partial charge on any atom is 0.0703 e. The Morgan fingerprint density at radius 2 is 2.09 bits per heavy atom. The lowest BCUT2D eigenvalue weighted by Gasteiger charge is -2.25. The number of nitrogens with zero attached hydrogens (tertiary/aromatic N) is 3. The molecule has 2 heterocycles.